The van der Waals surface area contributed by atoms with Gasteiger partial charge in [0.25, 0.3) is 0 Å². The summed E-state index contributed by atoms with van der Waals surface area (Å²) in [5.74, 6) is 0.222. The first-order valence-electron chi connectivity index (χ1n) is 11.2. The molecule has 0 spiro atoms. The molecule has 2 amide bonds. The van der Waals surface area contributed by atoms with Gasteiger partial charge in [-0.1, -0.05) is 0 Å². The van der Waals surface area contributed by atoms with Crippen molar-refractivity contribution in [3.05, 3.63) is 71.7 Å². The van der Waals surface area contributed by atoms with Gasteiger partial charge in [-0.2, -0.15) is 0 Å². The molecule has 0 bridgehead atoms. The third kappa shape index (κ3) is 4.74. The third-order valence-corrected chi connectivity index (χ3v) is 5.70. The fourth-order valence-electron chi connectivity index (χ4n) is 3.85. The Balaban J connectivity index is 1.63. The van der Waals surface area contributed by atoms with Crippen LogP contribution in [0.25, 0.3) is 11.0 Å². The normalized spacial score (nSPS) is 10.9. The van der Waals surface area contributed by atoms with Gasteiger partial charge in [-0.3, -0.25) is 9.59 Å². The first kappa shape index (κ1) is 24.4. The van der Waals surface area contributed by atoms with Crippen molar-refractivity contribution in [2.45, 2.75) is 26.8 Å². The van der Waals surface area contributed by atoms with E-state index in [1.807, 2.05) is 18.4 Å². The zero-order valence-electron chi connectivity index (χ0n) is 20.3. The lowest BCUT2D eigenvalue weighted by atomic mass is 10.0. The second-order valence-electron chi connectivity index (χ2n) is 8.46. The molecule has 2 aromatic heterocycles. The lowest BCUT2D eigenvalue weighted by Crippen LogP contribution is -2.20. The van der Waals surface area contributed by atoms with Crippen molar-refractivity contribution >= 4 is 45.8 Å². The number of hydrogen-bond donors (Lipinski definition) is 3. The molecule has 0 aliphatic carbocycles. The highest BCUT2D eigenvalue weighted by Gasteiger charge is 2.22. The predicted octanol–water partition coefficient (Wildman–Crippen LogP) is 4.68. The van der Waals surface area contributed by atoms with Gasteiger partial charge in [-0.15, -0.1) is 0 Å². The van der Waals surface area contributed by atoms with E-state index in [-0.39, 0.29) is 23.4 Å². The van der Waals surface area contributed by atoms with Gasteiger partial charge in [0.15, 0.2) is 11.6 Å². The quantitative estimate of drug-likeness (QED) is 0.322. The second kappa shape index (κ2) is 9.87. The topological polar surface area (TPSA) is 141 Å². The van der Waals surface area contributed by atoms with Crippen molar-refractivity contribution in [1.29, 1.82) is 0 Å². The Bertz CT molecular complexity index is 1470. The second-order valence-corrected chi connectivity index (χ2v) is 8.46. The zero-order chi connectivity index (χ0) is 26.0. The van der Waals surface area contributed by atoms with E-state index in [4.69, 9.17) is 10.5 Å². The van der Waals surface area contributed by atoms with Crippen LogP contribution in [0.2, 0.25) is 0 Å². The number of urea groups is 1. The summed E-state index contributed by atoms with van der Waals surface area (Å²) < 4.78 is 7.24. The van der Waals surface area contributed by atoms with E-state index in [9.17, 15) is 14.4 Å². The predicted molar refractivity (Wildman–Crippen MR) is 138 cm³/mol. The number of nitrogens with one attached hydrogen (secondary N) is 2. The van der Waals surface area contributed by atoms with Gasteiger partial charge in [0.2, 0.25) is 0 Å². The van der Waals surface area contributed by atoms with Crippen LogP contribution < -0.4 is 21.1 Å². The van der Waals surface area contributed by atoms with Crippen molar-refractivity contribution in [1.82, 2.24) is 14.5 Å². The summed E-state index contributed by atoms with van der Waals surface area (Å²) in [4.78, 5) is 46.0. The number of carbonyl (C=O) groups excluding carboxylic acids is 3. The molecule has 2 heterocycles. The van der Waals surface area contributed by atoms with Crippen LogP contribution >= 0.6 is 0 Å². The summed E-state index contributed by atoms with van der Waals surface area (Å²) in [7, 11) is 1.47. The fraction of sp³-hybridized carbons (Fsp3) is 0.192. The molecule has 0 saturated carbocycles. The first-order valence-corrected chi connectivity index (χ1v) is 11.2. The molecule has 2 aromatic carbocycles. The molecule has 4 aromatic rings. The molecule has 4 rings (SSSR count). The Morgan fingerprint density at radius 2 is 1.69 bits per heavy atom. The number of fused-ring (bicyclic) bond motifs is 1. The maximum Gasteiger partial charge on any atom is 0.323 e. The highest BCUT2D eigenvalue weighted by atomic mass is 16.5. The van der Waals surface area contributed by atoms with Crippen LogP contribution in [0.4, 0.5) is 22.0 Å². The molecule has 0 radical (unpaired) electrons. The van der Waals surface area contributed by atoms with Crippen LogP contribution in [0.5, 0.6) is 5.75 Å². The van der Waals surface area contributed by atoms with Gasteiger partial charge >= 0.3 is 6.03 Å². The van der Waals surface area contributed by atoms with Gasteiger partial charge in [0.1, 0.15) is 23.5 Å². The molecular weight excluding hydrogens is 460 g/mol. The highest BCUT2D eigenvalue weighted by Crippen LogP contribution is 2.31. The van der Waals surface area contributed by atoms with E-state index in [2.05, 4.69) is 20.6 Å². The number of amides is 2. The van der Waals surface area contributed by atoms with Crippen molar-refractivity contribution in [2.24, 2.45) is 0 Å². The molecule has 10 nitrogen and oxygen atoms in total. The maximum atomic E-state index is 13.5. The maximum absolute atomic E-state index is 13.5. The third-order valence-electron chi connectivity index (χ3n) is 5.70. The summed E-state index contributed by atoms with van der Waals surface area (Å²) in [6.07, 6.45) is 3.09. The number of nitrogens with zero attached hydrogens (tertiary/aromatic N) is 3. The van der Waals surface area contributed by atoms with Crippen LogP contribution in [0.15, 0.2) is 55.0 Å². The zero-order valence-corrected chi connectivity index (χ0v) is 20.3. The van der Waals surface area contributed by atoms with E-state index < -0.39 is 6.03 Å². The number of benzene rings is 2. The summed E-state index contributed by atoms with van der Waals surface area (Å²) >= 11 is 0. The number of aromatic nitrogens is 3. The van der Waals surface area contributed by atoms with Crippen molar-refractivity contribution in [2.75, 3.05) is 23.5 Å². The van der Waals surface area contributed by atoms with Gasteiger partial charge in [-0.25, -0.2) is 14.8 Å². The smallest absolute Gasteiger partial charge is 0.323 e. The standard InChI is InChI=1S/C26H26N6O4/c1-14(2)32-12-19(22-24(27)28-13-29-25(22)32)23(34)17-7-10-21(36-4)20(11-17)31-26(35)30-18-8-5-16(6-9-18)15(3)33/h5-14H,1-4H3,(H2,27,28,29)(H2,30,31,35). The van der Waals surface area contributed by atoms with E-state index >= 15 is 0 Å². The van der Waals surface area contributed by atoms with Crippen molar-refractivity contribution in [3.8, 4) is 5.75 Å². The molecule has 4 N–H and O–H groups in total. The molecule has 0 aliphatic rings. The van der Waals surface area contributed by atoms with Gasteiger partial charge in [0.05, 0.1) is 23.7 Å². The SMILES string of the molecule is COc1ccc(C(=O)c2cn(C(C)C)c3ncnc(N)c23)cc1NC(=O)Nc1ccc(C(C)=O)cc1. The Labute approximate surface area is 207 Å². The van der Waals surface area contributed by atoms with E-state index in [1.54, 1.807) is 42.6 Å². The minimum Gasteiger partial charge on any atom is -0.495 e. The molecular formula is C26H26N6O4. The number of carbonyl (C=O) groups is 3. The molecule has 0 fully saturated rings. The number of Topliss-reactive ketones (excluding diaryl/α,β-unsaturated/α-hetero) is 1. The largest absolute Gasteiger partial charge is 0.495 e. The van der Waals surface area contributed by atoms with E-state index in [0.29, 0.717) is 44.8 Å². The fourth-order valence-corrected chi connectivity index (χ4v) is 3.85. The number of ketones is 2. The molecule has 36 heavy (non-hydrogen) atoms. The van der Waals surface area contributed by atoms with Gasteiger partial charge < -0.3 is 25.7 Å². The highest BCUT2D eigenvalue weighted by molar-refractivity contribution is 6.18. The summed E-state index contributed by atoms with van der Waals surface area (Å²) in [6.45, 7) is 5.43. The number of methoxy groups -OCH3 is 1. The molecule has 10 heteroatoms. The Morgan fingerprint density at radius 3 is 2.33 bits per heavy atom. The van der Waals surface area contributed by atoms with Crippen LogP contribution in [0.3, 0.4) is 0 Å². The number of nitrogens with two attached hydrogens (primary N) is 1. The van der Waals surface area contributed by atoms with Crippen molar-refractivity contribution < 1.29 is 19.1 Å². The van der Waals surface area contributed by atoms with Gasteiger partial charge in [-0.05, 0) is 63.2 Å². The Hall–Kier alpha value is -4.73. The Morgan fingerprint density at radius 1 is 1.00 bits per heavy atom. The Kier molecular flexibility index (Phi) is 6.69. The minimum atomic E-state index is -0.539. The van der Waals surface area contributed by atoms with Crippen LogP contribution in [0.1, 0.15) is 53.1 Å². The van der Waals surface area contributed by atoms with Crippen LogP contribution in [0, 0.1) is 0 Å². The first-order chi connectivity index (χ1) is 17.2. The minimum absolute atomic E-state index is 0.0460. The number of hydrogen-bond acceptors (Lipinski definition) is 7. The molecule has 0 unspecified atom stereocenters. The van der Waals surface area contributed by atoms with E-state index in [1.165, 1.54) is 26.4 Å². The van der Waals surface area contributed by atoms with E-state index in [0.717, 1.165) is 0 Å². The lowest BCUT2D eigenvalue weighted by Gasteiger charge is -2.13. The van der Waals surface area contributed by atoms with Gasteiger partial charge in [0, 0.05) is 29.1 Å². The number of anilines is 3. The van der Waals surface area contributed by atoms with Crippen LogP contribution in [-0.4, -0.2) is 39.2 Å². The summed E-state index contributed by atoms with van der Waals surface area (Å²) in [6, 6.07) is 10.8. The van der Waals surface area contributed by atoms with Crippen LogP contribution in [-0.2, 0) is 0 Å². The average molecular weight is 487 g/mol. The molecule has 184 valence electrons. The number of rotatable bonds is 7. The number of nitrogen functional groups attached to an aromatic ring is 1. The molecule has 0 atom stereocenters. The lowest BCUT2D eigenvalue weighted by molar-refractivity contribution is 0.101. The monoisotopic (exact) mass is 486 g/mol. The van der Waals surface area contributed by atoms with Crippen molar-refractivity contribution in [3.63, 3.8) is 0 Å². The summed E-state index contributed by atoms with van der Waals surface area (Å²) in [5, 5.41) is 5.89. The summed E-state index contributed by atoms with van der Waals surface area (Å²) in [5.41, 5.74) is 8.71. The molecule has 0 aliphatic heterocycles. The average Bonchev–Trinajstić information content (AvgIpc) is 3.25. The number of ether oxygens (including phenoxy) is 1. The molecule has 0 saturated heterocycles.